The highest BCUT2D eigenvalue weighted by Gasteiger charge is 2.25. The van der Waals surface area contributed by atoms with E-state index in [0.717, 1.165) is 6.07 Å². The second-order valence-corrected chi connectivity index (χ2v) is 5.36. The summed E-state index contributed by atoms with van der Waals surface area (Å²) in [5.74, 6) is -0.916. The van der Waals surface area contributed by atoms with E-state index in [4.69, 9.17) is 18.0 Å². The van der Waals surface area contributed by atoms with Gasteiger partial charge in [0.2, 0.25) is 0 Å². The van der Waals surface area contributed by atoms with E-state index in [1.165, 1.54) is 12.1 Å². The van der Waals surface area contributed by atoms with Crippen molar-refractivity contribution >= 4 is 39.0 Å². The van der Waals surface area contributed by atoms with Gasteiger partial charge in [-0.2, -0.15) is 0 Å². The summed E-state index contributed by atoms with van der Waals surface area (Å²) in [6.07, 6.45) is 0. The highest BCUT2D eigenvalue weighted by molar-refractivity contribution is 9.10. The first kappa shape index (κ1) is 14.1. The molecular weight excluding hydrogens is 307 g/mol. The Balaban J connectivity index is 2.98. The number of hydrogen-bond donors (Lipinski definition) is 2. The summed E-state index contributed by atoms with van der Waals surface area (Å²) in [4.78, 5) is 12.1. The fourth-order valence-corrected chi connectivity index (χ4v) is 1.56. The lowest BCUT2D eigenvalue weighted by atomic mass is 10.0. The molecule has 0 bridgehead atoms. The summed E-state index contributed by atoms with van der Waals surface area (Å²) in [6.45, 7) is 3.36. The standard InChI is InChI=1S/C11H12BrFN2OS/c1-11(2,10(14)17)15-9(16)7-5-6(13)3-4-8(7)12/h3-5H,1-2H3,(H2,14,17)(H,15,16). The maximum absolute atomic E-state index is 13.0. The Labute approximate surface area is 113 Å². The highest BCUT2D eigenvalue weighted by atomic mass is 79.9. The van der Waals surface area contributed by atoms with Crippen molar-refractivity contribution in [2.45, 2.75) is 19.4 Å². The number of halogens is 2. The molecule has 0 radical (unpaired) electrons. The van der Waals surface area contributed by atoms with Crippen LogP contribution >= 0.6 is 28.1 Å². The molecule has 0 saturated carbocycles. The quantitative estimate of drug-likeness (QED) is 0.841. The van der Waals surface area contributed by atoms with Gasteiger partial charge in [0.15, 0.2) is 0 Å². The zero-order valence-electron chi connectivity index (χ0n) is 9.38. The van der Waals surface area contributed by atoms with Gasteiger partial charge in [0, 0.05) is 4.47 Å². The highest BCUT2D eigenvalue weighted by Crippen LogP contribution is 2.18. The van der Waals surface area contributed by atoms with E-state index in [2.05, 4.69) is 21.2 Å². The second-order valence-electron chi connectivity index (χ2n) is 4.07. The van der Waals surface area contributed by atoms with Crippen LogP contribution in [0.2, 0.25) is 0 Å². The maximum Gasteiger partial charge on any atom is 0.253 e. The number of rotatable bonds is 3. The van der Waals surface area contributed by atoms with Crippen LogP contribution in [0.25, 0.3) is 0 Å². The molecule has 3 nitrogen and oxygen atoms in total. The van der Waals surface area contributed by atoms with Crippen LogP contribution in [-0.4, -0.2) is 16.4 Å². The van der Waals surface area contributed by atoms with Gasteiger partial charge in [-0.3, -0.25) is 4.79 Å². The van der Waals surface area contributed by atoms with Crippen LogP contribution < -0.4 is 11.1 Å². The van der Waals surface area contributed by atoms with Crippen molar-refractivity contribution in [1.29, 1.82) is 0 Å². The van der Waals surface area contributed by atoms with Gasteiger partial charge in [-0.05, 0) is 48.0 Å². The first-order valence-corrected chi connectivity index (χ1v) is 6.01. The normalized spacial score (nSPS) is 11.1. The zero-order valence-corrected chi connectivity index (χ0v) is 11.8. The van der Waals surface area contributed by atoms with E-state index in [0.29, 0.717) is 4.47 Å². The average molecular weight is 319 g/mol. The summed E-state index contributed by atoms with van der Waals surface area (Å²) >= 11 is 8.02. The van der Waals surface area contributed by atoms with Crippen LogP contribution in [-0.2, 0) is 0 Å². The molecule has 0 atom stereocenters. The first-order valence-electron chi connectivity index (χ1n) is 4.81. The van der Waals surface area contributed by atoms with Crippen LogP contribution in [0.1, 0.15) is 24.2 Å². The Morgan fingerprint density at radius 3 is 2.65 bits per heavy atom. The van der Waals surface area contributed by atoms with Gasteiger partial charge in [-0.1, -0.05) is 12.2 Å². The average Bonchev–Trinajstić information content (AvgIpc) is 2.20. The zero-order chi connectivity index (χ0) is 13.2. The summed E-state index contributed by atoms with van der Waals surface area (Å²) < 4.78 is 13.6. The van der Waals surface area contributed by atoms with E-state index in [1.54, 1.807) is 13.8 Å². The van der Waals surface area contributed by atoms with Crippen molar-refractivity contribution in [3.63, 3.8) is 0 Å². The van der Waals surface area contributed by atoms with Crippen LogP contribution in [0.15, 0.2) is 22.7 Å². The van der Waals surface area contributed by atoms with Gasteiger partial charge in [-0.25, -0.2) is 4.39 Å². The number of hydrogen-bond acceptors (Lipinski definition) is 2. The van der Waals surface area contributed by atoms with Crippen molar-refractivity contribution in [2.75, 3.05) is 0 Å². The molecule has 0 saturated heterocycles. The largest absolute Gasteiger partial charge is 0.391 e. The lowest BCUT2D eigenvalue weighted by Crippen LogP contribution is -2.52. The SMILES string of the molecule is CC(C)(NC(=O)c1cc(F)ccc1Br)C(N)=S. The first-order chi connectivity index (χ1) is 7.74. The van der Waals surface area contributed by atoms with Crippen molar-refractivity contribution < 1.29 is 9.18 Å². The molecule has 0 fully saturated rings. The molecule has 92 valence electrons. The van der Waals surface area contributed by atoms with Gasteiger partial charge in [0.25, 0.3) is 5.91 Å². The molecule has 0 aliphatic heterocycles. The molecule has 0 heterocycles. The molecule has 0 unspecified atom stereocenters. The summed E-state index contributed by atoms with van der Waals surface area (Å²) in [5, 5.41) is 2.64. The molecule has 3 N–H and O–H groups in total. The van der Waals surface area contributed by atoms with E-state index in [-0.39, 0.29) is 10.6 Å². The molecule has 0 aromatic heterocycles. The molecule has 17 heavy (non-hydrogen) atoms. The minimum Gasteiger partial charge on any atom is -0.391 e. The fourth-order valence-electron chi connectivity index (χ4n) is 1.08. The molecule has 6 heteroatoms. The topological polar surface area (TPSA) is 55.1 Å². The van der Waals surface area contributed by atoms with E-state index in [9.17, 15) is 9.18 Å². The van der Waals surface area contributed by atoms with Gasteiger partial charge in [-0.15, -0.1) is 0 Å². The summed E-state index contributed by atoms with van der Waals surface area (Å²) in [6, 6.07) is 3.88. The number of amides is 1. The van der Waals surface area contributed by atoms with E-state index >= 15 is 0 Å². The smallest absolute Gasteiger partial charge is 0.253 e. The minimum absolute atomic E-state index is 0.165. The Bertz CT molecular complexity index is 477. The fraction of sp³-hybridized carbons (Fsp3) is 0.273. The van der Waals surface area contributed by atoms with Gasteiger partial charge in [0.05, 0.1) is 16.1 Å². The Morgan fingerprint density at radius 2 is 2.12 bits per heavy atom. The number of benzene rings is 1. The Hall–Kier alpha value is -1.01. The lowest BCUT2D eigenvalue weighted by Gasteiger charge is -2.25. The molecule has 1 aromatic rings. The van der Waals surface area contributed by atoms with Crippen LogP contribution in [0.3, 0.4) is 0 Å². The predicted octanol–water partition coefficient (Wildman–Crippen LogP) is 2.38. The molecule has 1 aromatic carbocycles. The van der Waals surface area contributed by atoms with Gasteiger partial charge in [0.1, 0.15) is 5.82 Å². The molecule has 1 amide bonds. The summed E-state index contributed by atoms with van der Waals surface area (Å²) in [7, 11) is 0. The van der Waals surface area contributed by atoms with E-state index in [1.807, 2.05) is 0 Å². The van der Waals surface area contributed by atoms with Crippen LogP contribution in [0.4, 0.5) is 4.39 Å². The minimum atomic E-state index is -0.821. The number of nitrogens with one attached hydrogen (secondary N) is 1. The third-order valence-electron chi connectivity index (χ3n) is 2.22. The van der Waals surface area contributed by atoms with Crippen molar-refractivity contribution in [1.82, 2.24) is 5.32 Å². The Morgan fingerprint density at radius 1 is 1.53 bits per heavy atom. The number of carbonyl (C=O) groups excluding carboxylic acids is 1. The van der Waals surface area contributed by atoms with Crippen molar-refractivity contribution in [3.05, 3.63) is 34.1 Å². The lowest BCUT2D eigenvalue weighted by molar-refractivity contribution is 0.0931. The third-order valence-corrected chi connectivity index (χ3v) is 3.42. The van der Waals surface area contributed by atoms with Crippen molar-refractivity contribution in [3.8, 4) is 0 Å². The van der Waals surface area contributed by atoms with E-state index < -0.39 is 17.3 Å². The van der Waals surface area contributed by atoms with Gasteiger partial charge < -0.3 is 11.1 Å². The second kappa shape index (κ2) is 5.10. The molecular formula is C11H12BrFN2OS. The maximum atomic E-state index is 13.0. The molecule has 1 rings (SSSR count). The molecule has 0 spiro atoms. The van der Waals surface area contributed by atoms with Crippen LogP contribution in [0.5, 0.6) is 0 Å². The number of nitrogens with two attached hydrogens (primary N) is 1. The van der Waals surface area contributed by atoms with Crippen LogP contribution in [0, 0.1) is 5.82 Å². The Kier molecular flexibility index (Phi) is 4.21. The molecule has 0 aliphatic rings. The molecule has 0 aliphatic carbocycles. The number of thiocarbonyl (C=S) groups is 1. The summed E-state index contributed by atoms with van der Waals surface area (Å²) in [5.41, 5.74) is 4.88. The number of carbonyl (C=O) groups is 1. The third kappa shape index (κ3) is 3.47. The predicted molar refractivity (Wildman–Crippen MR) is 72.4 cm³/mol. The van der Waals surface area contributed by atoms with Gasteiger partial charge >= 0.3 is 0 Å². The van der Waals surface area contributed by atoms with Crippen molar-refractivity contribution in [2.24, 2.45) is 5.73 Å². The monoisotopic (exact) mass is 318 g/mol.